The summed E-state index contributed by atoms with van der Waals surface area (Å²) in [5.74, 6) is 2.15. The average Bonchev–Trinajstić information content (AvgIpc) is 2.30. The molecule has 0 heterocycles. The number of alkyl halides is 2. The van der Waals surface area contributed by atoms with Crippen molar-refractivity contribution >= 4 is 23.2 Å². The summed E-state index contributed by atoms with van der Waals surface area (Å²) in [7, 11) is 0. The van der Waals surface area contributed by atoms with Crippen molar-refractivity contribution in [1.29, 1.82) is 0 Å². The van der Waals surface area contributed by atoms with Crippen LogP contribution in [0, 0.1) is 11.3 Å². The van der Waals surface area contributed by atoms with Crippen LogP contribution in [-0.2, 0) is 0 Å². The molecular weight excluding hydrogens is 239 g/mol. The molecule has 0 nitrogen and oxygen atoms in total. The second-order valence-electron chi connectivity index (χ2n) is 5.14. The fourth-order valence-corrected chi connectivity index (χ4v) is 2.73. The monoisotopic (exact) mass is 258 g/mol. The van der Waals surface area contributed by atoms with Crippen molar-refractivity contribution in [2.75, 3.05) is 11.8 Å². The molecule has 0 aliphatic rings. The Balaban J connectivity index is 3.06. The first-order valence-electron chi connectivity index (χ1n) is 5.70. The van der Waals surface area contributed by atoms with Gasteiger partial charge in [-0.2, -0.15) is 0 Å². The SMILES string of the molecule is CC(CCl)C(c1ccccc1)C(C)(C)CCl. The highest BCUT2D eigenvalue weighted by atomic mass is 35.5. The maximum Gasteiger partial charge on any atom is 0.0280 e. The predicted octanol–water partition coefficient (Wildman–Crippen LogP) is 4.91. The van der Waals surface area contributed by atoms with E-state index in [4.69, 9.17) is 23.2 Å². The zero-order chi connectivity index (χ0) is 12.2. The molecule has 0 fully saturated rings. The van der Waals surface area contributed by atoms with Crippen molar-refractivity contribution in [3.05, 3.63) is 35.9 Å². The Morgan fingerprint density at radius 1 is 1.12 bits per heavy atom. The van der Waals surface area contributed by atoms with Crippen molar-refractivity contribution in [3.8, 4) is 0 Å². The van der Waals surface area contributed by atoms with Crippen molar-refractivity contribution in [1.82, 2.24) is 0 Å². The second kappa shape index (κ2) is 5.93. The number of benzene rings is 1. The van der Waals surface area contributed by atoms with Crippen LogP contribution in [-0.4, -0.2) is 11.8 Å². The number of rotatable bonds is 5. The van der Waals surface area contributed by atoms with E-state index in [0.717, 1.165) is 0 Å². The molecule has 2 unspecified atom stereocenters. The van der Waals surface area contributed by atoms with Gasteiger partial charge in [0.1, 0.15) is 0 Å². The molecule has 0 N–H and O–H groups in total. The van der Waals surface area contributed by atoms with E-state index >= 15 is 0 Å². The third-order valence-corrected chi connectivity index (χ3v) is 4.33. The van der Waals surface area contributed by atoms with Crippen LogP contribution < -0.4 is 0 Å². The van der Waals surface area contributed by atoms with Crippen molar-refractivity contribution in [2.24, 2.45) is 11.3 Å². The first-order chi connectivity index (χ1) is 7.53. The summed E-state index contributed by atoms with van der Waals surface area (Å²) in [4.78, 5) is 0. The molecule has 0 aromatic heterocycles. The number of halogens is 2. The van der Waals surface area contributed by atoms with Gasteiger partial charge in [-0.3, -0.25) is 0 Å². The van der Waals surface area contributed by atoms with E-state index in [-0.39, 0.29) is 5.41 Å². The third-order valence-electron chi connectivity index (χ3n) is 3.16. The molecular formula is C14H20Cl2. The smallest absolute Gasteiger partial charge is 0.0280 e. The summed E-state index contributed by atoms with van der Waals surface area (Å²) in [6.45, 7) is 6.61. The maximum absolute atomic E-state index is 6.10. The molecule has 0 saturated heterocycles. The predicted molar refractivity (Wildman–Crippen MR) is 73.6 cm³/mol. The fourth-order valence-electron chi connectivity index (χ4n) is 2.38. The van der Waals surface area contributed by atoms with Gasteiger partial charge < -0.3 is 0 Å². The minimum Gasteiger partial charge on any atom is -0.126 e. The summed E-state index contributed by atoms with van der Waals surface area (Å²) in [6.07, 6.45) is 0. The van der Waals surface area contributed by atoms with Crippen LogP contribution in [0.3, 0.4) is 0 Å². The van der Waals surface area contributed by atoms with Crippen LogP contribution in [0.15, 0.2) is 30.3 Å². The molecule has 0 radical (unpaired) electrons. The Morgan fingerprint density at radius 3 is 2.12 bits per heavy atom. The normalized spacial score (nSPS) is 15.8. The molecule has 1 aromatic carbocycles. The van der Waals surface area contributed by atoms with E-state index in [1.807, 2.05) is 6.07 Å². The van der Waals surface area contributed by atoms with Gasteiger partial charge in [0, 0.05) is 11.8 Å². The molecule has 2 heteroatoms. The van der Waals surface area contributed by atoms with E-state index < -0.39 is 0 Å². The Morgan fingerprint density at radius 2 is 1.69 bits per heavy atom. The Bertz CT molecular complexity index is 306. The summed E-state index contributed by atoms with van der Waals surface area (Å²) in [6, 6.07) is 10.5. The Hall–Kier alpha value is -0.200. The van der Waals surface area contributed by atoms with E-state index in [1.165, 1.54) is 5.56 Å². The van der Waals surface area contributed by atoms with Crippen molar-refractivity contribution in [2.45, 2.75) is 26.7 Å². The number of hydrogen-bond acceptors (Lipinski definition) is 0. The van der Waals surface area contributed by atoms with Crippen molar-refractivity contribution < 1.29 is 0 Å². The van der Waals surface area contributed by atoms with Gasteiger partial charge in [0.25, 0.3) is 0 Å². The summed E-state index contributed by atoms with van der Waals surface area (Å²) >= 11 is 12.1. The Labute approximate surface area is 109 Å². The average molecular weight is 259 g/mol. The van der Waals surface area contributed by atoms with E-state index in [1.54, 1.807) is 0 Å². The molecule has 2 atom stereocenters. The number of hydrogen-bond donors (Lipinski definition) is 0. The molecule has 1 aromatic rings. The molecule has 0 aliphatic heterocycles. The van der Waals surface area contributed by atoms with Crippen LogP contribution in [0.4, 0.5) is 0 Å². The molecule has 90 valence electrons. The van der Waals surface area contributed by atoms with E-state index in [9.17, 15) is 0 Å². The maximum atomic E-state index is 6.10. The molecule has 16 heavy (non-hydrogen) atoms. The van der Waals surface area contributed by atoms with Crippen LogP contribution in [0.1, 0.15) is 32.3 Å². The lowest BCUT2D eigenvalue weighted by Crippen LogP contribution is -2.29. The molecule has 1 rings (SSSR count). The second-order valence-corrected chi connectivity index (χ2v) is 5.72. The topological polar surface area (TPSA) is 0 Å². The molecule has 0 spiro atoms. The van der Waals surface area contributed by atoms with Gasteiger partial charge in [0.2, 0.25) is 0 Å². The molecule has 0 bridgehead atoms. The van der Waals surface area contributed by atoms with Gasteiger partial charge in [0.05, 0.1) is 0 Å². The summed E-state index contributed by atoms with van der Waals surface area (Å²) in [5, 5.41) is 0. The summed E-state index contributed by atoms with van der Waals surface area (Å²) in [5.41, 5.74) is 1.40. The Kier molecular flexibility index (Phi) is 5.14. The van der Waals surface area contributed by atoms with Gasteiger partial charge in [-0.25, -0.2) is 0 Å². The highest BCUT2D eigenvalue weighted by Crippen LogP contribution is 2.42. The lowest BCUT2D eigenvalue weighted by molar-refractivity contribution is 0.264. The quantitative estimate of drug-likeness (QED) is 0.659. The standard InChI is InChI=1S/C14H20Cl2/c1-11(9-15)13(14(2,3)10-16)12-7-5-4-6-8-12/h4-8,11,13H,9-10H2,1-3H3. The van der Waals surface area contributed by atoms with Gasteiger partial charge in [-0.1, -0.05) is 51.1 Å². The zero-order valence-electron chi connectivity index (χ0n) is 10.2. The van der Waals surface area contributed by atoms with Crippen molar-refractivity contribution in [3.63, 3.8) is 0 Å². The van der Waals surface area contributed by atoms with Gasteiger partial charge in [-0.15, -0.1) is 23.2 Å². The van der Waals surface area contributed by atoms with Crippen LogP contribution in [0.25, 0.3) is 0 Å². The van der Waals surface area contributed by atoms with Gasteiger partial charge in [-0.05, 0) is 22.8 Å². The minimum atomic E-state index is 0.0667. The van der Waals surface area contributed by atoms with Gasteiger partial charge >= 0.3 is 0 Å². The molecule has 0 saturated carbocycles. The highest BCUT2D eigenvalue weighted by molar-refractivity contribution is 6.18. The highest BCUT2D eigenvalue weighted by Gasteiger charge is 2.33. The lowest BCUT2D eigenvalue weighted by Gasteiger charge is -2.36. The summed E-state index contributed by atoms with van der Waals surface area (Å²) < 4.78 is 0. The fraction of sp³-hybridized carbons (Fsp3) is 0.571. The first-order valence-corrected chi connectivity index (χ1v) is 6.76. The lowest BCUT2D eigenvalue weighted by atomic mass is 9.70. The van der Waals surface area contributed by atoms with E-state index in [0.29, 0.717) is 23.6 Å². The van der Waals surface area contributed by atoms with Crippen LogP contribution in [0.2, 0.25) is 0 Å². The first kappa shape index (κ1) is 13.9. The van der Waals surface area contributed by atoms with Crippen LogP contribution >= 0.6 is 23.2 Å². The third kappa shape index (κ3) is 3.15. The van der Waals surface area contributed by atoms with Gasteiger partial charge in [0.15, 0.2) is 0 Å². The minimum absolute atomic E-state index is 0.0667. The van der Waals surface area contributed by atoms with E-state index in [2.05, 4.69) is 45.0 Å². The molecule has 0 aliphatic carbocycles. The largest absolute Gasteiger partial charge is 0.126 e. The molecule has 0 amide bonds. The zero-order valence-corrected chi connectivity index (χ0v) is 11.7. The van der Waals surface area contributed by atoms with Crippen LogP contribution in [0.5, 0.6) is 0 Å².